The topological polar surface area (TPSA) is 0 Å². The number of rotatable bonds is 16. The predicted molar refractivity (Wildman–Crippen MR) is 103 cm³/mol. The molecule has 0 radical (unpaired) electrons. The fourth-order valence-corrected chi connectivity index (χ4v) is 4.49. The fourth-order valence-electron chi connectivity index (χ4n) is 2.96. The summed E-state index contributed by atoms with van der Waals surface area (Å²) in [5, 5.41) is 1.85. The summed E-state index contributed by atoms with van der Waals surface area (Å²) < 4.78 is 0. The second-order valence-corrected chi connectivity index (χ2v) is 8.21. The summed E-state index contributed by atoms with van der Waals surface area (Å²) in [6.07, 6.45) is 20.0. The first-order valence-electron chi connectivity index (χ1n) is 9.93. The predicted octanol–water partition coefficient (Wildman–Crippen LogP) is 8.00. The van der Waals surface area contributed by atoms with Crippen LogP contribution in [0.15, 0.2) is 0 Å². The highest BCUT2D eigenvalue weighted by Gasteiger charge is 2.14. The number of thioether (sulfide) groups is 1. The van der Waals surface area contributed by atoms with Crippen LogP contribution in [0.2, 0.25) is 0 Å². The van der Waals surface area contributed by atoms with Gasteiger partial charge in [-0.05, 0) is 25.7 Å². The van der Waals surface area contributed by atoms with Gasteiger partial charge < -0.3 is 0 Å². The van der Waals surface area contributed by atoms with Gasteiger partial charge in [0.05, 0.1) is 0 Å². The maximum absolute atomic E-state index is 2.39. The molecule has 21 heavy (non-hydrogen) atoms. The van der Waals surface area contributed by atoms with Crippen molar-refractivity contribution < 1.29 is 0 Å². The largest absolute Gasteiger partial charge is 0.155 e. The molecule has 0 saturated heterocycles. The summed E-state index contributed by atoms with van der Waals surface area (Å²) in [6.45, 7) is 9.38. The average Bonchev–Trinajstić information content (AvgIpc) is 2.51. The molecule has 0 aromatic carbocycles. The molecule has 0 aliphatic heterocycles. The lowest BCUT2D eigenvalue weighted by atomic mass is 10.1. The molecule has 0 amide bonds. The smallest absolute Gasteiger partial charge is 0.00472 e. The Balaban J connectivity index is 3.73. The van der Waals surface area contributed by atoms with Crippen molar-refractivity contribution in [2.45, 2.75) is 128 Å². The minimum Gasteiger partial charge on any atom is -0.155 e. The average molecular weight is 315 g/mol. The molecule has 0 aliphatic carbocycles. The summed E-state index contributed by atoms with van der Waals surface area (Å²) in [4.78, 5) is 0. The molecule has 0 saturated carbocycles. The van der Waals surface area contributed by atoms with Crippen LogP contribution in [0.25, 0.3) is 0 Å². The first-order chi connectivity index (χ1) is 10.3. The fraction of sp³-hybridized carbons (Fsp3) is 1.00. The van der Waals surface area contributed by atoms with Crippen molar-refractivity contribution in [3.8, 4) is 0 Å². The summed E-state index contributed by atoms with van der Waals surface area (Å²) in [7, 11) is 0. The normalized spacial score (nSPS) is 14.3. The van der Waals surface area contributed by atoms with E-state index in [-0.39, 0.29) is 0 Å². The second kappa shape index (κ2) is 16.7. The van der Waals surface area contributed by atoms with E-state index in [1.54, 1.807) is 0 Å². The van der Waals surface area contributed by atoms with Gasteiger partial charge in [-0.25, -0.2) is 0 Å². The van der Waals surface area contributed by atoms with Crippen LogP contribution in [0.1, 0.15) is 118 Å². The maximum Gasteiger partial charge on any atom is 0.00472 e. The molecule has 2 atom stereocenters. The van der Waals surface area contributed by atoms with Gasteiger partial charge in [0, 0.05) is 10.5 Å². The lowest BCUT2D eigenvalue weighted by molar-refractivity contribution is 0.579. The van der Waals surface area contributed by atoms with E-state index in [1.807, 2.05) is 0 Å². The quantitative estimate of drug-likeness (QED) is 0.260. The van der Waals surface area contributed by atoms with Gasteiger partial charge in [0.15, 0.2) is 0 Å². The van der Waals surface area contributed by atoms with Crippen LogP contribution in [0.4, 0.5) is 0 Å². The molecular weight excluding hydrogens is 272 g/mol. The Hall–Kier alpha value is 0.350. The van der Waals surface area contributed by atoms with Crippen molar-refractivity contribution in [1.29, 1.82) is 0 Å². The van der Waals surface area contributed by atoms with Crippen molar-refractivity contribution in [2.75, 3.05) is 0 Å². The van der Waals surface area contributed by atoms with E-state index in [4.69, 9.17) is 0 Å². The van der Waals surface area contributed by atoms with Gasteiger partial charge in [-0.3, -0.25) is 0 Å². The number of unbranched alkanes of at least 4 members (excludes halogenated alkanes) is 8. The Morgan fingerprint density at radius 1 is 0.524 bits per heavy atom. The van der Waals surface area contributed by atoms with E-state index in [2.05, 4.69) is 39.5 Å². The third-order valence-corrected chi connectivity index (χ3v) is 6.46. The number of hydrogen-bond donors (Lipinski definition) is 0. The molecule has 0 N–H and O–H groups in total. The third-order valence-electron chi connectivity index (χ3n) is 4.55. The first kappa shape index (κ1) is 21.4. The van der Waals surface area contributed by atoms with Crippen LogP contribution >= 0.6 is 11.8 Å². The Morgan fingerprint density at radius 3 is 1.24 bits per heavy atom. The van der Waals surface area contributed by atoms with Gasteiger partial charge in [-0.1, -0.05) is 91.9 Å². The van der Waals surface area contributed by atoms with Crippen molar-refractivity contribution in [3.63, 3.8) is 0 Å². The van der Waals surface area contributed by atoms with E-state index < -0.39 is 0 Å². The summed E-state index contributed by atoms with van der Waals surface area (Å²) in [5.74, 6) is 0. The van der Waals surface area contributed by atoms with Crippen LogP contribution < -0.4 is 0 Å². The first-order valence-corrected chi connectivity index (χ1v) is 10.9. The summed E-state index contributed by atoms with van der Waals surface area (Å²) in [6, 6.07) is 0. The Kier molecular flexibility index (Phi) is 17.0. The van der Waals surface area contributed by atoms with Crippen molar-refractivity contribution >= 4 is 11.8 Å². The van der Waals surface area contributed by atoms with Gasteiger partial charge in [-0.15, -0.1) is 0 Å². The van der Waals surface area contributed by atoms with Crippen LogP contribution in [0.3, 0.4) is 0 Å². The van der Waals surface area contributed by atoms with Gasteiger partial charge >= 0.3 is 0 Å². The molecule has 0 bridgehead atoms. The molecule has 2 unspecified atom stereocenters. The lowest BCUT2D eigenvalue weighted by Gasteiger charge is -2.21. The zero-order valence-electron chi connectivity index (χ0n) is 15.5. The van der Waals surface area contributed by atoms with Crippen molar-refractivity contribution in [2.24, 2.45) is 0 Å². The third kappa shape index (κ3) is 13.7. The molecule has 0 aliphatic rings. The molecule has 0 spiro atoms. The minimum absolute atomic E-state index is 0.923. The van der Waals surface area contributed by atoms with Crippen LogP contribution in [-0.2, 0) is 0 Å². The van der Waals surface area contributed by atoms with Crippen molar-refractivity contribution in [1.82, 2.24) is 0 Å². The second-order valence-electron chi connectivity index (χ2n) is 6.60. The van der Waals surface area contributed by atoms with E-state index >= 15 is 0 Å². The van der Waals surface area contributed by atoms with Gasteiger partial charge in [0.1, 0.15) is 0 Å². The zero-order chi connectivity index (χ0) is 15.8. The van der Waals surface area contributed by atoms with E-state index in [0.29, 0.717) is 0 Å². The van der Waals surface area contributed by atoms with Crippen LogP contribution in [0.5, 0.6) is 0 Å². The van der Waals surface area contributed by atoms with E-state index in [0.717, 1.165) is 10.5 Å². The van der Waals surface area contributed by atoms with E-state index in [9.17, 15) is 0 Å². The van der Waals surface area contributed by atoms with Crippen LogP contribution in [-0.4, -0.2) is 10.5 Å². The van der Waals surface area contributed by atoms with Crippen molar-refractivity contribution in [3.05, 3.63) is 0 Å². The molecule has 0 nitrogen and oxygen atoms in total. The SMILES string of the molecule is CCCCCCCC(CC)SC(CC)CCCCCCC. The molecule has 1 heteroatoms. The van der Waals surface area contributed by atoms with Gasteiger partial charge in [-0.2, -0.15) is 11.8 Å². The zero-order valence-corrected chi connectivity index (χ0v) is 16.3. The highest BCUT2D eigenvalue weighted by Crippen LogP contribution is 2.30. The molecule has 0 aromatic rings. The standard InChI is InChI=1S/C20H42S/c1-5-9-11-13-15-17-19(7-3)21-20(8-4)18-16-14-12-10-6-2/h19-20H,5-18H2,1-4H3. The van der Waals surface area contributed by atoms with E-state index in [1.165, 1.54) is 89.9 Å². The Labute approximate surface area is 140 Å². The monoisotopic (exact) mass is 314 g/mol. The van der Waals surface area contributed by atoms with Gasteiger partial charge in [0.25, 0.3) is 0 Å². The summed E-state index contributed by atoms with van der Waals surface area (Å²) >= 11 is 2.32. The molecule has 0 fully saturated rings. The molecule has 0 aromatic heterocycles. The lowest BCUT2D eigenvalue weighted by Crippen LogP contribution is -2.10. The minimum atomic E-state index is 0.923. The van der Waals surface area contributed by atoms with Gasteiger partial charge in [0.2, 0.25) is 0 Å². The Bertz CT molecular complexity index is 170. The highest BCUT2D eigenvalue weighted by molar-refractivity contribution is 8.00. The molecule has 128 valence electrons. The number of hydrogen-bond acceptors (Lipinski definition) is 1. The summed E-state index contributed by atoms with van der Waals surface area (Å²) in [5.41, 5.74) is 0. The van der Waals surface area contributed by atoms with Crippen LogP contribution in [0, 0.1) is 0 Å². The molecular formula is C20H42S. The maximum atomic E-state index is 2.39. The highest BCUT2D eigenvalue weighted by atomic mass is 32.2. The Morgan fingerprint density at radius 2 is 0.905 bits per heavy atom. The molecule has 0 rings (SSSR count). The molecule has 0 heterocycles.